The molecule has 4 heteroatoms. The Kier molecular flexibility index (Phi) is 3.28. The van der Waals surface area contributed by atoms with Gasteiger partial charge in [0.2, 0.25) is 0 Å². The largest absolute Gasteiger partial charge is 0.492 e. The Labute approximate surface area is 106 Å². The average molecular weight is 244 g/mol. The molecule has 2 aromatic carbocycles. The number of hydrogen-bond donors (Lipinski definition) is 2. The zero-order valence-electron chi connectivity index (χ0n) is 10.4. The Morgan fingerprint density at radius 1 is 0.778 bits per heavy atom. The third kappa shape index (κ3) is 2.05. The summed E-state index contributed by atoms with van der Waals surface area (Å²) in [5, 5.41) is 0. The molecule has 0 aliphatic rings. The van der Waals surface area contributed by atoms with E-state index < -0.39 is 0 Å². The molecule has 4 N–H and O–H groups in total. The lowest BCUT2D eigenvalue weighted by Gasteiger charge is -2.14. The molecule has 0 aliphatic carbocycles. The molecule has 2 rings (SSSR count). The second-order valence-electron chi connectivity index (χ2n) is 3.89. The fourth-order valence-corrected chi connectivity index (χ4v) is 1.88. The van der Waals surface area contributed by atoms with Crippen molar-refractivity contribution in [1.29, 1.82) is 0 Å². The monoisotopic (exact) mass is 244 g/mol. The third-order valence-electron chi connectivity index (χ3n) is 2.77. The summed E-state index contributed by atoms with van der Waals surface area (Å²) in [5.41, 5.74) is 14.7. The normalized spacial score (nSPS) is 10.1. The molecule has 0 spiro atoms. The van der Waals surface area contributed by atoms with Gasteiger partial charge in [-0.25, -0.2) is 0 Å². The minimum absolute atomic E-state index is 0.548. The van der Waals surface area contributed by atoms with Crippen molar-refractivity contribution in [3.63, 3.8) is 0 Å². The van der Waals surface area contributed by atoms with Gasteiger partial charge >= 0.3 is 0 Å². The zero-order chi connectivity index (χ0) is 13.1. The first kappa shape index (κ1) is 12.1. The van der Waals surface area contributed by atoms with Crippen LogP contribution in [-0.4, -0.2) is 14.2 Å². The second kappa shape index (κ2) is 4.87. The van der Waals surface area contributed by atoms with Gasteiger partial charge in [0, 0.05) is 11.3 Å². The number of methoxy groups -OCH3 is 2. The summed E-state index contributed by atoms with van der Waals surface area (Å²) >= 11 is 0. The van der Waals surface area contributed by atoms with Gasteiger partial charge in [0.25, 0.3) is 0 Å². The van der Waals surface area contributed by atoms with Crippen LogP contribution in [0.2, 0.25) is 0 Å². The lowest BCUT2D eigenvalue weighted by atomic mass is 10.0. The first-order chi connectivity index (χ1) is 8.67. The lowest BCUT2D eigenvalue weighted by molar-refractivity contribution is 0.358. The first-order valence-electron chi connectivity index (χ1n) is 5.53. The molecule has 0 bridgehead atoms. The van der Waals surface area contributed by atoms with Crippen molar-refractivity contribution in [1.82, 2.24) is 0 Å². The Bertz CT molecular complexity index is 550. The summed E-state index contributed by atoms with van der Waals surface area (Å²) < 4.78 is 10.7. The van der Waals surface area contributed by atoms with Crippen LogP contribution in [0, 0.1) is 0 Å². The molecule has 4 nitrogen and oxygen atoms in total. The van der Waals surface area contributed by atoms with Crippen molar-refractivity contribution in [2.45, 2.75) is 0 Å². The molecule has 0 aliphatic heterocycles. The zero-order valence-corrected chi connectivity index (χ0v) is 10.4. The van der Waals surface area contributed by atoms with Crippen molar-refractivity contribution in [3.8, 4) is 22.6 Å². The molecule has 2 aromatic rings. The van der Waals surface area contributed by atoms with E-state index in [0.717, 1.165) is 16.8 Å². The molecular formula is C14H16N2O2. The molecule has 0 saturated heterocycles. The van der Waals surface area contributed by atoms with Crippen molar-refractivity contribution >= 4 is 11.4 Å². The molecule has 18 heavy (non-hydrogen) atoms. The van der Waals surface area contributed by atoms with Crippen LogP contribution < -0.4 is 20.9 Å². The predicted octanol–water partition coefficient (Wildman–Crippen LogP) is 2.54. The van der Waals surface area contributed by atoms with Crippen LogP contribution in [0.5, 0.6) is 11.5 Å². The van der Waals surface area contributed by atoms with Gasteiger partial charge < -0.3 is 20.9 Å². The van der Waals surface area contributed by atoms with Crippen LogP contribution in [0.15, 0.2) is 36.4 Å². The highest BCUT2D eigenvalue weighted by Gasteiger charge is 2.14. The Hall–Kier alpha value is -2.36. The SMILES string of the molecule is COc1c(N)ccc(-c2ccc(N)cc2)c1OC. The number of hydrogen-bond acceptors (Lipinski definition) is 4. The smallest absolute Gasteiger partial charge is 0.184 e. The molecular weight excluding hydrogens is 228 g/mol. The van der Waals surface area contributed by atoms with Gasteiger partial charge in [-0.3, -0.25) is 0 Å². The molecule has 94 valence electrons. The summed E-state index contributed by atoms with van der Waals surface area (Å²) in [4.78, 5) is 0. The van der Waals surface area contributed by atoms with Crippen LogP contribution in [0.3, 0.4) is 0 Å². The minimum Gasteiger partial charge on any atom is -0.492 e. The van der Waals surface area contributed by atoms with E-state index in [1.54, 1.807) is 20.3 Å². The van der Waals surface area contributed by atoms with E-state index in [1.165, 1.54) is 0 Å². The Morgan fingerprint density at radius 2 is 1.39 bits per heavy atom. The quantitative estimate of drug-likeness (QED) is 0.814. The first-order valence-corrected chi connectivity index (χ1v) is 5.53. The highest BCUT2D eigenvalue weighted by atomic mass is 16.5. The van der Waals surface area contributed by atoms with E-state index in [0.29, 0.717) is 17.2 Å². The molecule has 0 saturated carbocycles. The number of benzene rings is 2. The number of ether oxygens (including phenoxy) is 2. The van der Waals surface area contributed by atoms with E-state index in [2.05, 4.69) is 0 Å². The van der Waals surface area contributed by atoms with Crippen molar-refractivity contribution < 1.29 is 9.47 Å². The number of anilines is 2. The van der Waals surface area contributed by atoms with Crippen LogP contribution in [0.25, 0.3) is 11.1 Å². The third-order valence-corrected chi connectivity index (χ3v) is 2.77. The lowest BCUT2D eigenvalue weighted by Crippen LogP contribution is -1.98. The highest BCUT2D eigenvalue weighted by molar-refractivity contribution is 5.79. The predicted molar refractivity (Wildman–Crippen MR) is 73.8 cm³/mol. The van der Waals surface area contributed by atoms with Gasteiger partial charge in [-0.2, -0.15) is 0 Å². The maximum atomic E-state index is 5.85. The molecule has 0 atom stereocenters. The van der Waals surface area contributed by atoms with E-state index in [9.17, 15) is 0 Å². The van der Waals surface area contributed by atoms with Gasteiger partial charge in [0.15, 0.2) is 11.5 Å². The molecule has 0 unspecified atom stereocenters. The van der Waals surface area contributed by atoms with Crippen molar-refractivity contribution in [2.24, 2.45) is 0 Å². The summed E-state index contributed by atoms with van der Waals surface area (Å²) in [6.45, 7) is 0. The summed E-state index contributed by atoms with van der Waals surface area (Å²) in [6, 6.07) is 11.3. The van der Waals surface area contributed by atoms with Gasteiger partial charge in [0.1, 0.15) is 0 Å². The highest BCUT2D eigenvalue weighted by Crippen LogP contribution is 2.41. The van der Waals surface area contributed by atoms with E-state index in [1.807, 2.05) is 30.3 Å². The Balaban J connectivity index is 2.60. The molecule has 0 amide bonds. The maximum absolute atomic E-state index is 5.85. The van der Waals surface area contributed by atoms with E-state index in [4.69, 9.17) is 20.9 Å². The molecule has 0 fully saturated rings. The van der Waals surface area contributed by atoms with E-state index >= 15 is 0 Å². The van der Waals surface area contributed by atoms with Crippen LogP contribution in [0.1, 0.15) is 0 Å². The fraction of sp³-hybridized carbons (Fsp3) is 0.143. The van der Waals surface area contributed by atoms with Crippen LogP contribution in [-0.2, 0) is 0 Å². The summed E-state index contributed by atoms with van der Waals surface area (Å²) in [5.74, 6) is 1.18. The van der Waals surface area contributed by atoms with Gasteiger partial charge in [-0.15, -0.1) is 0 Å². The van der Waals surface area contributed by atoms with Crippen molar-refractivity contribution in [3.05, 3.63) is 36.4 Å². The molecule has 0 aromatic heterocycles. The van der Waals surface area contributed by atoms with Gasteiger partial charge in [-0.1, -0.05) is 12.1 Å². The van der Waals surface area contributed by atoms with Gasteiger partial charge in [-0.05, 0) is 29.8 Å². The number of nitrogen functional groups attached to an aromatic ring is 2. The Morgan fingerprint density at radius 3 is 1.94 bits per heavy atom. The van der Waals surface area contributed by atoms with Crippen molar-refractivity contribution in [2.75, 3.05) is 25.7 Å². The summed E-state index contributed by atoms with van der Waals surface area (Å²) in [7, 11) is 3.17. The second-order valence-corrected chi connectivity index (χ2v) is 3.89. The minimum atomic E-state index is 0.548. The van der Waals surface area contributed by atoms with E-state index in [-0.39, 0.29) is 0 Å². The number of nitrogens with two attached hydrogens (primary N) is 2. The summed E-state index contributed by atoms with van der Waals surface area (Å²) in [6.07, 6.45) is 0. The van der Waals surface area contributed by atoms with Crippen LogP contribution >= 0.6 is 0 Å². The fourth-order valence-electron chi connectivity index (χ4n) is 1.88. The topological polar surface area (TPSA) is 70.5 Å². The van der Waals surface area contributed by atoms with Gasteiger partial charge in [0.05, 0.1) is 19.9 Å². The maximum Gasteiger partial charge on any atom is 0.184 e. The molecule has 0 heterocycles. The van der Waals surface area contributed by atoms with Crippen LogP contribution in [0.4, 0.5) is 11.4 Å². The average Bonchev–Trinajstić information content (AvgIpc) is 2.39. The number of rotatable bonds is 3. The standard InChI is InChI=1S/C14H16N2O2/c1-17-13-11(7-8-12(16)14(13)18-2)9-3-5-10(15)6-4-9/h3-8H,15-16H2,1-2H3. The molecule has 0 radical (unpaired) electrons.